The molecule has 0 saturated carbocycles. The van der Waals surface area contributed by atoms with Crippen LogP contribution in [0.15, 0.2) is 36.0 Å². The standard InChI is InChI=1S/C21H28O7/c1-7-11(2)18(22)27-17-12(3)9-21(24)10-20(5,25-6)15(28-21)8-14-16(17)13(4)19(23)26-14/h7,14-17,24H,3-4,8-10H2,1-2,5-6H3/b11-7-/t14-,15+,16+,17+,20-,21-/m1/s1. The Morgan fingerprint density at radius 1 is 1.39 bits per heavy atom. The zero-order valence-electron chi connectivity index (χ0n) is 16.8. The van der Waals surface area contributed by atoms with E-state index in [2.05, 4.69) is 13.2 Å². The van der Waals surface area contributed by atoms with Crippen molar-refractivity contribution in [2.75, 3.05) is 7.11 Å². The summed E-state index contributed by atoms with van der Waals surface area (Å²) in [7, 11) is 1.56. The molecule has 3 saturated heterocycles. The molecule has 2 bridgehead atoms. The number of aliphatic hydroxyl groups is 1. The van der Waals surface area contributed by atoms with Gasteiger partial charge in [0.15, 0.2) is 5.79 Å². The van der Waals surface area contributed by atoms with Crippen molar-refractivity contribution in [1.29, 1.82) is 0 Å². The van der Waals surface area contributed by atoms with Crippen molar-refractivity contribution in [2.24, 2.45) is 5.92 Å². The highest BCUT2D eigenvalue weighted by Gasteiger charge is 2.58. The van der Waals surface area contributed by atoms with Gasteiger partial charge in [-0.05, 0) is 26.3 Å². The number of hydrogen-bond donors (Lipinski definition) is 1. The van der Waals surface area contributed by atoms with Gasteiger partial charge in [0, 0.05) is 37.5 Å². The third-order valence-corrected chi connectivity index (χ3v) is 6.13. The molecule has 0 amide bonds. The number of hydrogen-bond acceptors (Lipinski definition) is 7. The van der Waals surface area contributed by atoms with E-state index in [9.17, 15) is 14.7 Å². The summed E-state index contributed by atoms with van der Waals surface area (Å²) in [6, 6.07) is 0. The number of allylic oxidation sites excluding steroid dienone is 1. The Morgan fingerprint density at radius 2 is 2.07 bits per heavy atom. The van der Waals surface area contributed by atoms with E-state index < -0.39 is 47.6 Å². The normalized spacial score (nSPS) is 41.0. The Kier molecular flexibility index (Phi) is 5.29. The molecule has 7 heteroatoms. The number of esters is 2. The van der Waals surface area contributed by atoms with Gasteiger partial charge in [-0.15, -0.1) is 0 Å². The molecule has 7 nitrogen and oxygen atoms in total. The molecule has 0 aromatic carbocycles. The van der Waals surface area contributed by atoms with Crippen LogP contribution < -0.4 is 0 Å². The number of methoxy groups -OCH3 is 1. The number of carbonyl (C=O) groups is 2. The first kappa shape index (κ1) is 20.8. The maximum Gasteiger partial charge on any atom is 0.334 e. The molecule has 28 heavy (non-hydrogen) atoms. The van der Waals surface area contributed by atoms with Crippen LogP contribution in [0.3, 0.4) is 0 Å². The first-order chi connectivity index (χ1) is 13.0. The molecule has 0 aliphatic carbocycles. The highest BCUT2D eigenvalue weighted by atomic mass is 16.7. The van der Waals surface area contributed by atoms with Crippen molar-refractivity contribution < 1.29 is 33.6 Å². The van der Waals surface area contributed by atoms with E-state index in [1.54, 1.807) is 27.0 Å². The zero-order chi connectivity index (χ0) is 20.9. The first-order valence-corrected chi connectivity index (χ1v) is 9.40. The quantitative estimate of drug-likeness (QED) is 0.447. The first-order valence-electron chi connectivity index (χ1n) is 9.40. The molecule has 3 aliphatic rings. The Bertz CT molecular complexity index is 754. The Morgan fingerprint density at radius 3 is 2.68 bits per heavy atom. The van der Waals surface area contributed by atoms with Crippen LogP contribution in [0.2, 0.25) is 0 Å². The summed E-state index contributed by atoms with van der Waals surface area (Å²) in [5.41, 5.74) is 0.353. The molecule has 0 aromatic heterocycles. The van der Waals surface area contributed by atoms with E-state index in [0.717, 1.165) is 0 Å². The Balaban J connectivity index is 2.01. The van der Waals surface area contributed by atoms with Crippen LogP contribution in [0.25, 0.3) is 0 Å². The topological polar surface area (TPSA) is 91.3 Å². The zero-order valence-corrected chi connectivity index (χ0v) is 16.8. The summed E-state index contributed by atoms with van der Waals surface area (Å²) in [6.45, 7) is 13.1. The minimum absolute atomic E-state index is 0.0416. The average Bonchev–Trinajstić information content (AvgIpc) is 3.05. The van der Waals surface area contributed by atoms with E-state index in [-0.39, 0.29) is 24.8 Å². The lowest BCUT2D eigenvalue weighted by molar-refractivity contribution is -0.197. The number of carbonyl (C=O) groups excluding carboxylic acids is 2. The molecule has 3 aliphatic heterocycles. The molecule has 0 radical (unpaired) electrons. The van der Waals surface area contributed by atoms with Gasteiger partial charge < -0.3 is 24.1 Å². The second-order valence-corrected chi connectivity index (χ2v) is 8.11. The molecule has 3 heterocycles. The van der Waals surface area contributed by atoms with Gasteiger partial charge in [0.05, 0.1) is 17.6 Å². The maximum atomic E-state index is 12.4. The van der Waals surface area contributed by atoms with Crippen molar-refractivity contribution in [3.05, 3.63) is 36.0 Å². The predicted octanol–water partition coefficient (Wildman–Crippen LogP) is 2.19. The summed E-state index contributed by atoms with van der Waals surface area (Å²) >= 11 is 0. The Hall–Kier alpha value is -1.96. The van der Waals surface area contributed by atoms with Crippen molar-refractivity contribution in [1.82, 2.24) is 0 Å². The van der Waals surface area contributed by atoms with Crippen LogP contribution in [-0.4, -0.2) is 53.9 Å². The van der Waals surface area contributed by atoms with E-state index in [1.807, 2.05) is 6.92 Å². The molecule has 3 fully saturated rings. The summed E-state index contributed by atoms with van der Waals surface area (Å²) < 4.78 is 22.8. The summed E-state index contributed by atoms with van der Waals surface area (Å²) in [4.78, 5) is 24.7. The largest absolute Gasteiger partial charge is 0.458 e. The van der Waals surface area contributed by atoms with Crippen LogP contribution in [0.1, 0.15) is 40.0 Å². The van der Waals surface area contributed by atoms with E-state index in [1.165, 1.54) is 0 Å². The van der Waals surface area contributed by atoms with Crippen LogP contribution >= 0.6 is 0 Å². The van der Waals surface area contributed by atoms with Crippen LogP contribution in [0, 0.1) is 5.92 Å². The molecular weight excluding hydrogens is 364 g/mol. The number of rotatable bonds is 3. The molecular formula is C21H28O7. The second-order valence-electron chi connectivity index (χ2n) is 8.11. The monoisotopic (exact) mass is 392 g/mol. The van der Waals surface area contributed by atoms with Crippen molar-refractivity contribution in [3.63, 3.8) is 0 Å². The van der Waals surface area contributed by atoms with Crippen LogP contribution in [0.4, 0.5) is 0 Å². The van der Waals surface area contributed by atoms with Crippen molar-refractivity contribution in [3.8, 4) is 0 Å². The third kappa shape index (κ3) is 3.43. The van der Waals surface area contributed by atoms with Gasteiger partial charge >= 0.3 is 11.9 Å². The fourth-order valence-corrected chi connectivity index (χ4v) is 4.32. The van der Waals surface area contributed by atoms with E-state index >= 15 is 0 Å². The van der Waals surface area contributed by atoms with Crippen LogP contribution in [0.5, 0.6) is 0 Å². The molecule has 0 unspecified atom stereocenters. The molecule has 1 N–H and O–H groups in total. The fraction of sp³-hybridized carbons (Fsp3) is 0.619. The van der Waals surface area contributed by atoms with Crippen LogP contribution in [-0.2, 0) is 28.5 Å². The molecule has 6 atom stereocenters. The van der Waals surface area contributed by atoms with Gasteiger partial charge in [-0.3, -0.25) is 0 Å². The summed E-state index contributed by atoms with van der Waals surface area (Å²) in [5, 5.41) is 11.0. The van der Waals surface area contributed by atoms with Crippen molar-refractivity contribution in [2.45, 2.75) is 69.7 Å². The summed E-state index contributed by atoms with van der Waals surface area (Å²) in [6.07, 6.45) is 0.208. The molecule has 3 rings (SSSR count). The lowest BCUT2D eigenvalue weighted by Gasteiger charge is -2.34. The SMILES string of the molecule is C=C1C(=O)O[C@@H]2C[C@@H]3O[C@](O)(CC(=C)[C@H](OC(=O)/C(C)=C\C)[C@@H]12)C[C@@]3(C)OC. The van der Waals surface area contributed by atoms with E-state index in [0.29, 0.717) is 11.1 Å². The van der Waals surface area contributed by atoms with Gasteiger partial charge in [0.25, 0.3) is 0 Å². The van der Waals surface area contributed by atoms with Gasteiger partial charge in [0.1, 0.15) is 12.2 Å². The predicted molar refractivity (Wildman–Crippen MR) is 100 cm³/mol. The number of fused-ring (bicyclic) bond motifs is 3. The maximum absolute atomic E-state index is 12.4. The van der Waals surface area contributed by atoms with Crippen molar-refractivity contribution >= 4 is 11.9 Å². The molecule has 0 aromatic rings. The minimum Gasteiger partial charge on any atom is -0.458 e. The lowest BCUT2D eigenvalue weighted by Crippen LogP contribution is -2.43. The lowest BCUT2D eigenvalue weighted by atomic mass is 9.79. The molecule has 0 spiro atoms. The highest BCUT2D eigenvalue weighted by Crippen LogP contribution is 2.49. The van der Waals surface area contributed by atoms with Gasteiger partial charge in [-0.2, -0.15) is 0 Å². The number of ether oxygens (including phenoxy) is 4. The fourth-order valence-electron chi connectivity index (χ4n) is 4.32. The minimum atomic E-state index is -1.50. The van der Waals surface area contributed by atoms with Gasteiger partial charge in [-0.25, -0.2) is 9.59 Å². The Labute approximate surface area is 165 Å². The smallest absolute Gasteiger partial charge is 0.334 e. The highest BCUT2D eigenvalue weighted by molar-refractivity contribution is 5.92. The summed E-state index contributed by atoms with van der Waals surface area (Å²) in [5.74, 6) is -3.14. The average molecular weight is 392 g/mol. The van der Waals surface area contributed by atoms with Gasteiger partial charge in [0.2, 0.25) is 0 Å². The molecule has 154 valence electrons. The second kappa shape index (κ2) is 7.13. The van der Waals surface area contributed by atoms with Gasteiger partial charge in [-0.1, -0.05) is 19.2 Å². The third-order valence-electron chi connectivity index (χ3n) is 6.13. The van der Waals surface area contributed by atoms with E-state index in [4.69, 9.17) is 18.9 Å².